The number of H-pyrrole nitrogens is 1. The van der Waals surface area contributed by atoms with E-state index in [4.69, 9.17) is 9.47 Å². The van der Waals surface area contributed by atoms with Crippen molar-refractivity contribution in [1.29, 1.82) is 0 Å². The summed E-state index contributed by atoms with van der Waals surface area (Å²) in [7, 11) is 2.84. The summed E-state index contributed by atoms with van der Waals surface area (Å²) < 4.78 is 10.0. The summed E-state index contributed by atoms with van der Waals surface area (Å²) in [5, 5.41) is 3.52. The third kappa shape index (κ3) is 3.70. The molecule has 1 aliphatic rings. The Morgan fingerprint density at radius 2 is 1.96 bits per heavy atom. The van der Waals surface area contributed by atoms with Crippen molar-refractivity contribution in [2.24, 2.45) is 0 Å². The molecule has 1 aromatic heterocycles. The van der Waals surface area contributed by atoms with Crippen LogP contribution >= 0.6 is 0 Å². The van der Waals surface area contributed by atoms with Gasteiger partial charge in [0.2, 0.25) is 0 Å². The van der Waals surface area contributed by atoms with E-state index in [0.29, 0.717) is 48.3 Å². The van der Waals surface area contributed by atoms with Crippen LogP contribution in [0.25, 0.3) is 10.9 Å². The average molecular weight is 360 g/mol. The molecule has 0 radical (unpaired) electrons. The largest absolute Gasteiger partial charge is 0.497 e. The summed E-state index contributed by atoms with van der Waals surface area (Å²) in [6, 6.07) is 5.28. The lowest BCUT2D eigenvalue weighted by Crippen LogP contribution is -3.14. The number of Topliss-reactive ketones (excluding diaryl/α,β-unsaturated/α-hetero) is 1. The zero-order chi connectivity index (χ0) is 18.7. The van der Waals surface area contributed by atoms with Gasteiger partial charge in [-0.25, -0.2) is 4.79 Å². The van der Waals surface area contributed by atoms with Crippen LogP contribution in [0.5, 0.6) is 5.75 Å². The highest BCUT2D eigenvalue weighted by Gasteiger charge is 2.25. The Morgan fingerprint density at radius 1 is 1.23 bits per heavy atom. The van der Waals surface area contributed by atoms with Crippen LogP contribution in [0.15, 0.2) is 18.2 Å². The number of carbonyl (C=O) groups is 3. The number of anilines is 1. The number of benzene rings is 1. The predicted octanol–water partition coefficient (Wildman–Crippen LogP) is 0.149. The molecule has 1 saturated heterocycles. The van der Waals surface area contributed by atoms with E-state index in [2.05, 4.69) is 10.3 Å². The fraction of sp³-hybridized carbons (Fsp3) is 0.389. The van der Waals surface area contributed by atoms with Gasteiger partial charge in [0, 0.05) is 11.5 Å². The molecule has 0 aliphatic carbocycles. The maximum absolute atomic E-state index is 12.5. The van der Waals surface area contributed by atoms with Crippen molar-refractivity contribution in [2.75, 3.05) is 39.2 Å². The standard InChI is InChI=1S/C18H21N3O5/c1-25-12-3-4-13-14(9-12)19-17(18(24)26-2)16(13)20-15(23)10-21-7-5-11(22)6-8-21/h3-4,9,19H,5-8,10H2,1-2H3,(H,20,23)/p+1. The van der Waals surface area contributed by atoms with Crippen molar-refractivity contribution in [1.82, 2.24) is 4.98 Å². The van der Waals surface area contributed by atoms with Gasteiger partial charge in [0.05, 0.1) is 51.4 Å². The number of likely N-dealkylation sites (tertiary alicyclic amines) is 1. The lowest BCUT2D eigenvalue weighted by Gasteiger charge is -2.22. The molecule has 0 bridgehead atoms. The van der Waals surface area contributed by atoms with E-state index in [1.54, 1.807) is 25.3 Å². The van der Waals surface area contributed by atoms with Gasteiger partial charge in [-0.2, -0.15) is 0 Å². The van der Waals surface area contributed by atoms with Crippen molar-refractivity contribution < 1.29 is 28.8 Å². The molecular formula is C18H22N3O5+. The molecule has 0 saturated carbocycles. The van der Waals surface area contributed by atoms with Crippen molar-refractivity contribution in [2.45, 2.75) is 12.8 Å². The number of rotatable bonds is 5. The van der Waals surface area contributed by atoms with Crippen LogP contribution in [0, 0.1) is 0 Å². The molecule has 1 amide bonds. The lowest BCUT2D eigenvalue weighted by molar-refractivity contribution is -0.893. The fourth-order valence-electron chi connectivity index (χ4n) is 3.16. The Morgan fingerprint density at radius 3 is 2.62 bits per heavy atom. The van der Waals surface area contributed by atoms with Gasteiger partial charge in [0.15, 0.2) is 6.54 Å². The molecule has 1 fully saturated rings. The summed E-state index contributed by atoms with van der Waals surface area (Å²) in [6.07, 6.45) is 1.01. The van der Waals surface area contributed by atoms with Gasteiger partial charge in [-0.3, -0.25) is 9.59 Å². The molecule has 2 heterocycles. The summed E-state index contributed by atoms with van der Waals surface area (Å²) in [6.45, 7) is 1.55. The third-order valence-electron chi connectivity index (χ3n) is 4.59. The Labute approximate surface area is 150 Å². The number of amides is 1. The zero-order valence-corrected chi connectivity index (χ0v) is 14.8. The Bertz CT molecular complexity index is 848. The monoisotopic (exact) mass is 360 g/mol. The molecule has 8 nitrogen and oxygen atoms in total. The number of fused-ring (bicyclic) bond motifs is 1. The summed E-state index contributed by atoms with van der Waals surface area (Å²) in [4.78, 5) is 39.9. The highest BCUT2D eigenvalue weighted by molar-refractivity contribution is 6.11. The zero-order valence-electron chi connectivity index (χ0n) is 14.8. The maximum Gasteiger partial charge on any atom is 0.356 e. The number of ether oxygens (including phenoxy) is 2. The Hall–Kier alpha value is -2.87. The number of carbonyl (C=O) groups excluding carboxylic acids is 3. The SMILES string of the molecule is COC(=O)c1[nH]c2cc(OC)ccc2c1NC(=O)C[NH+]1CCC(=O)CC1. The number of quaternary nitrogens is 1. The van der Waals surface area contributed by atoms with E-state index in [-0.39, 0.29) is 23.9 Å². The van der Waals surface area contributed by atoms with E-state index in [9.17, 15) is 14.4 Å². The number of esters is 1. The fourth-order valence-corrected chi connectivity index (χ4v) is 3.16. The van der Waals surface area contributed by atoms with Crippen molar-refractivity contribution in [3.63, 3.8) is 0 Å². The van der Waals surface area contributed by atoms with Gasteiger partial charge in [-0.15, -0.1) is 0 Å². The molecule has 8 heteroatoms. The first-order valence-corrected chi connectivity index (χ1v) is 8.45. The number of hydrogen-bond donors (Lipinski definition) is 3. The topological polar surface area (TPSA) is 102 Å². The van der Waals surface area contributed by atoms with Gasteiger partial charge in [-0.1, -0.05) is 0 Å². The average Bonchev–Trinajstić information content (AvgIpc) is 3.00. The second-order valence-corrected chi connectivity index (χ2v) is 6.29. The Balaban J connectivity index is 1.84. The van der Waals surface area contributed by atoms with Crippen LogP contribution in [0.4, 0.5) is 5.69 Å². The molecule has 0 atom stereocenters. The van der Waals surface area contributed by atoms with E-state index in [0.717, 1.165) is 4.90 Å². The molecule has 0 spiro atoms. The minimum absolute atomic E-state index is 0.188. The smallest absolute Gasteiger partial charge is 0.356 e. The quantitative estimate of drug-likeness (QED) is 0.659. The van der Waals surface area contributed by atoms with Crippen molar-refractivity contribution in [3.8, 4) is 5.75 Å². The maximum atomic E-state index is 12.5. The van der Waals surface area contributed by atoms with Crippen LogP contribution < -0.4 is 15.0 Å². The number of methoxy groups -OCH3 is 2. The van der Waals surface area contributed by atoms with Gasteiger partial charge in [0.25, 0.3) is 5.91 Å². The summed E-state index contributed by atoms with van der Waals surface area (Å²) in [5.74, 6) is 0.103. The highest BCUT2D eigenvalue weighted by atomic mass is 16.5. The minimum Gasteiger partial charge on any atom is -0.497 e. The van der Waals surface area contributed by atoms with Crippen molar-refractivity contribution in [3.05, 3.63) is 23.9 Å². The summed E-state index contributed by atoms with van der Waals surface area (Å²) in [5.41, 5.74) is 1.25. The van der Waals surface area contributed by atoms with Crippen LogP contribution in [0.2, 0.25) is 0 Å². The number of nitrogens with one attached hydrogen (secondary N) is 3. The second kappa shape index (κ2) is 7.57. The van der Waals surface area contributed by atoms with Gasteiger partial charge < -0.3 is 24.7 Å². The second-order valence-electron chi connectivity index (χ2n) is 6.29. The minimum atomic E-state index is -0.564. The van der Waals surface area contributed by atoms with Crippen LogP contribution in [-0.4, -0.2) is 56.5 Å². The van der Waals surface area contributed by atoms with Crippen LogP contribution in [0.1, 0.15) is 23.3 Å². The van der Waals surface area contributed by atoms with Gasteiger partial charge >= 0.3 is 5.97 Å². The van der Waals surface area contributed by atoms with Gasteiger partial charge in [-0.05, 0) is 12.1 Å². The van der Waals surface area contributed by atoms with Crippen LogP contribution in [-0.2, 0) is 14.3 Å². The van der Waals surface area contributed by atoms with E-state index < -0.39 is 5.97 Å². The number of ketones is 1. The Kier molecular flexibility index (Phi) is 5.22. The number of piperidine rings is 1. The first-order valence-electron chi connectivity index (χ1n) is 8.45. The normalized spacial score (nSPS) is 15.1. The molecule has 3 rings (SSSR count). The molecular weight excluding hydrogens is 338 g/mol. The van der Waals surface area contributed by atoms with E-state index in [1.165, 1.54) is 7.11 Å². The number of aromatic nitrogens is 1. The molecule has 1 aliphatic heterocycles. The first-order chi connectivity index (χ1) is 12.5. The summed E-state index contributed by atoms with van der Waals surface area (Å²) >= 11 is 0. The van der Waals surface area contributed by atoms with E-state index in [1.807, 2.05) is 0 Å². The van der Waals surface area contributed by atoms with Crippen LogP contribution in [0.3, 0.4) is 0 Å². The molecule has 2 aromatic rings. The molecule has 3 N–H and O–H groups in total. The van der Waals surface area contributed by atoms with E-state index >= 15 is 0 Å². The molecule has 26 heavy (non-hydrogen) atoms. The van der Waals surface area contributed by atoms with Crippen molar-refractivity contribution >= 4 is 34.3 Å². The highest BCUT2D eigenvalue weighted by Crippen LogP contribution is 2.30. The first kappa shape index (κ1) is 17.9. The molecule has 0 unspecified atom stereocenters. The number of aromatic amines is 1. The van der Waals surface area contributed by atoms with Gasteiger partial charge in [0.1, 0.15) is 17.2 Å². The third-order valence-corrected chi connectivity index (χ3v) is 4.59. The molecule has 138 valence electrons. The number of hydrogen-bond acceptors (Lipinski definition) is 5. The predicted molar refractivity (Wildman–Crippen MR) is 94.6 cm³/mol. The lowest BCUT2D eigenvalue weighted by atomic mass is 10.1. The molecule has 1 aromatic carbocycles.